The van der Waals surface area contributed by atoms with E-state index in [2.05, 4.69) is 26.1 Å². The van der Waals surface area contributed by atoms with E-state index in [0.29, 0.717) is 23.5 Å². The summed E-state index contributed by atoms with van der Waals surface area (Å²) >= 11 is 1.72. The molecule has 1 N–H and O–H groups in total. The second-order valence-electron chi connectivity index (χ2n) is 5.64. The van der Waals surface area contributed by atoms with Crippen LogP contribution in [0.2, 0.25) is 0 Å². The first-order chi connectivity index (χ1) is 8.90. The highest BCUT2D eigenvalue weighted by atomic mass is 32.2. The highest BCUT2D eigenvalue weighted by Gasteiger charge is 2.24. The van der Waals surface area contributed by atoms with Gasteiger partial charge in [0.05, 0.1) is 5.75 Å². The summed E-state index contributed by atoms with van der Waals surface area (Å²) in [6, 6.07) is 0.128. The van der Waals surface area contributed by atoms with Gasteiger partial charge in [-0.3, -0.25) is 9.59 Å². The van der Waals surface area contributed by atoms with Crippen molar-refractivity contribution in [2.24, 2.45) is 5.92 Å². The van der Waals surface area contributed by atoms with Gasteiger partial charge in [0.15, 0.2) is 0 Å². The van der Waals surface area contributed by atoms with Crippen LogP contribution in [0.25, 0.3) is 0 Å². The van der Waals surface area contributed by atoms with Gasteiger partial charge in [0.1, 0.15) is 0 Å². The summed E-state index contributed by atoms with van der Waals surface area (Å²) in [4.78, 5) is 25.1. The van der Waals surface area contributed by atoms with Crippen LogP contribution in [0.5, 0.6) is 0 Å². The summed E-state index contributed by atoms with van der Waals surface area (Å²) in [5.41, 5.74) is 0. The second-order valence-corrected chi connectivity index (χ2v) is 7.01. The number of carbonyl (C=O) groups excluding carboxylic acids is 2. The van der Waals surface area contributed by atoms with Crippen molar-refractivity contribution < 1.29 is 9.59 Å². The molecule has 0 aromatic carbocycles. The molecule has 1 fully saturated rings. The van der Waals surface area contributed by atoms with Gasteiger partial charge in [0.2, 0.25) is 11.8 Å². The molecule has 0 bridgehead atoms. The molecule has 0 saturated carbocycles. The Kier molecular flexibility index (Phi) is 6.69. The van der Waals surface area contributed by atoms with Crippen LogP contribution in [0, 0.1) is 5.92 Å². The molecule has 2 unspecified atom stereocenters. The Morgan fingerprint density at radius 3 is 2.63 bits per heavy atom. The molecule has 110 valence electrons. The zero-order valence-electron chi connectivity index (χ0n) is 12.4. The summed E-state index contributed by atoms with van der Waals surface area (Å²) in [5.74, 6) is 1.33. The van der Waals surface area contributed by atoms with Crippen molar-refractivity contribution in [2.45, 2.75) is 51.8 Å². The molecule has 0 spiro atoms. The van der Waals surface area contributed by atoms with Crippen LogP contribution >= 0.6 is 11.8 Å². The minimum Gasteiger partial charge on any atom is -0.352 e. The Morgan fingerprint density at radius 1 is 1.37 bits per heavy atom. The van der Waals surface area contributed by atoms with Gasteiger partial charge in [-0.25, -0.2) is 0 Å². The standard InChI is InChI=1S/C14H26N2O2S/c1-10(2)11(3)19-9-14(18)16-7-5-6-13(8-16)15-12(4)17/h10-11,13H,5-9H2,1-4H3,(H,15,17). The maximum Gasteiger partial charge on any atom is 0.232 e. The van der Waals surface area contributed by atoms with Crippen LogP contribution in [-0.2, 0) is 9.59 Å². The largest absolute Gasteiger partial charge is 0.352 e. The Balaban J connectivity index is 2.37. The van der Waals surface area contributed by atoms with Crippen LogP contribution in [0.15, 0.2) is 0 Å². The lowest BCUT2D eigenvalue weighted by Gasteiger charge is -2.33. The van der Waals surface area contributed by atoms with Crippen molar-refractivity contribution in [3.63, 3.8) is 0 Å². The Hall–Kier alpha value is -0.710. The summed E-state index contributed by atoms with van der Waals surface area (Å²) in [6.45, 7) is 9.53. The van der Waals surface area contributed by atoms with Crippen molar-refractivity contribution >= 4 is 23.6 Å². The van der Waals surface area contributed by atoms with E-state index in [0.717, 1.165) is 19.4 Å². The predicted molar refractivity (Wildman–Crippen MR) is 80.2 cm³/mol. The van der Waals surface area contributed by atoms with Gasteiger partial charge < -0.3 is 10.2 Å². The van der Waals surface area contributed by atoms with Crippen molar-refractivity contribution in [3.05, 3.63) is 0 Å². The normalized spacial score (nSPS) is 21.3. The number of rotatable bonds is 5. The second kappa shape index (κ2) is 7.78. The molecule has 19 heavy (non-hydrogen) atoms. The van der Waals surface area contributed by atoms with Gasteiger partial charge in [-0.1, -0.05) is 20.8 Å². The topological polar surface area (TPSA) is 49.4 Å². The van der Waals surface area contributed by atoms with Crippen LogP contribution in [-0.4, -0.2) is 46.8 Å². The Morgan fingerprint density at radius 2 is 2.05 bits per heavy atom. The van der Waals surface area contributed by atoms with Crippen molar-refractivity contribution in [3.8, 4) is 0 Å². The third kappa shape index (κ3) is 5.85. The molecule has 1 aliphatic rings. The van der Waals surface area contributed by atoms with E-state index in [1.165, 1.54) is 6.92 Å². The average Bonchev–Trinajstić information content (AvgIpc) is 2.34. The molecule has 0 radical (unpaired) electrons. The molecule has 1 rings (SSSR count). The summed E-state index contributed by atoms with van der Waals surface area (Å²) < 4.78 is 0. The highest BCUT2D eigenvalue weighted by Crippen LogP contribution is 2.20. The first-order valence-corrected chi connectivity index (χ1v) is 8.11. The van der Waals surface area contributed by atoms with Gasteiger partial charge >= 0.3 is 0 Å². The number of nitrogens with one attached hydrogen (secondary N) is 1. The number of likely N-dealkylation sites (tertiary alicyclic amines) is 1. The maximum absolute atomic E-state index is 12.1. The number of hydrogen-bond donors (Lipinski definition) is 1. The van der Waals surface area contributed by atoms with E-state index in [-0.39, 0.29) is 17.9 Å². The van der Waals surface area contributed by atoms with Gasteiger partial charge in [0, 0.05) is 31.3 Å². The lowest BCUT2D eigenvalue weighted by Crippen LogP contribution is -2.49. The van der Waals surface area contributed by atoms with E-state index < -0.39 is 0 Å². The average molecular weight is 286 g/mol. The maximum atomic E-state index is 12.1. The minimum atomic E-state index is -0.0119. The molecule has 0 aliphatic carbocycles. The number of carbonyl (C=O) groups is 2. The zero-order valence-corrected chi connectivity index (χ0v) is 13.3. The number of thioether (sulfide) groups is 1. The van der Waals surface area contributed by atoms with Crippen molar-refractivity contribution in [1.82, 2.24) is 10.2 Å². The van der Waals surface area contributed by atoms with Gasteiger partial charge in [-0.05, 0) is 18.8 Å². The van der Waals surface area contributed by atoms with E-state index in [1.807, 2.05) is 4.90 Å². The SMILES string of the molecule is CC(=O)NC1CCCN(C(=O)CSC(C)C(C)C)C1. The van der Waals surface area contributed by atoms with Crippen LogP contribution in [0.4, 0.5) is 0 Å². The predicted octanol–water partition coefficient (Wildman–Crippen LogP) is 1.89. The number of nitrogens with zero attached hydrogens (tertiary/aromatic N) is 1. The highest BCUT2D eigenvalue weighted by molar-refractivity contribution is 8.00. The number of hydrogen-bond acceptors (Lipinski definition) is 3. The molecule has 0 aromatic heterocycles. The molecular formula is C14H26N2O2S. The molecule has 1 saturated heterocycles. The molecule has 1 heterocycles. The fraction of sp³-hybridized carbons (Fsp3) is 0.857. The van der Waals surface area contributed by atoms with Crippen molar-refractivity contribution in [2.75, 3.05) is 18.8 Å². The van der Waals surface area contributed by atoms with Gasteiger partial charge in [-0.15, -0.1) is 11.8 Å². The lowest BCUT2D eigenvalue weighted by atomic mass is 10.1. The van der Waals surface area contributed by atoms with E-state index >= 15 is 0 Å². The van der Waals surface area contributed by atoms with Crippen LogP contribution in [0.3, 0.4) is 0 Å². The van der Waals surface area contributed by atoms with Gasteiger partial charge in [-0.2, -0.15) is 0 Å². The molecule has 1 aliphatic heterocycles. The third-order valence-electron chi connectivity index (χ3n) is 3.59. The number of piperidine rings is 1. The van der Waals surface area contributed by atoms with Crippen LogP contribution in [0.1, 0.15) is 40.5 Å². The smallest absolute Gasteiger partial charge is 0.232 e. The van der Waals surface area contributed by atoms with Gasteiger partial charge in [0.25, 0.3) is 0 Å². The molecule has 5 heteroatoms. The molecule has 0 aromatic rings. The Labute approximate surface area is 120 Å². The minimum absolute atomic E-state index is 0.0119. The van der Waals surface area contributed by atoms with E-state index in [9.17, 15) is 9.59 Å². The summed E-state index contributed by atoms with van der Waals surface area (Å²) in [5, 5.41) is 3.41. The first kappa shape index (κ1) is 16.3. The van der Waals surface area contributed by atoms with Crippen LogP contribution < -0.4 is 5.32 Å². The monoisotopic (exact) mass is 286 g/mol. The fourth-order valence-corrected chi connectivity index (χ4v) is 3.07. The molecule has 2 atom stereocenters. The molecule has 2 amide bonds. The molecule has 4 nitrogen and oxygen atoms in total. The Bertz CT molecular complexity index is 321. The lowest BCUT2D eigenvalue weighted by molar-refractivity contribution is -0.130. The first-order valence-electron chi connectivity index (χ1n) is 7.06. The zero-order chi connectivity index (χ0) is 14.4. The molecular weight excluding hydrogens is 260 g/mol. The summed E-state index contributed by atoms with van der Waals surface area (Å²) in [7, 11) is 0. The number of amides is 2. The summed E-state index contributed by atoms with van der Waals surface area (Å²) in [6.07, 6.45) is 1.94. The third-order valence-corrected chi connectivity index (χ3v) is 5.07. The van der Waals surface area contributed by atoms with Crippen molar-refractivity contribution in [1.29, 1.82) is 0 Å². The fourth-order valence-electron chi connectivity index (χ4n) is 2.10. The van der Waals surface area contributed by atoms with E-state index in [4.69, 9.17) is 0 Å². The van der Waals surface area contributed by atoms with E-state index in [1.54, 1.807) is 11.8 Å². The quantitative estimate of drug-likeness (QED) is 0.839.